The molecule has 224 valence electrons. The molecule has 1 aliphatic rings. The third kappa shape index (κ3) is 8.56. The zero-order chi connectivity index (χ0) is 30.8. The lowest BCUT2D eigenvalue weighted by molar-refractivity contribution is -0.384. The van der Waals surface area contributed by atoms with E-state index in [9.17, 15) is 24.8 Å². The minimum atomic E-state index is -1.22. The van der Waals surface area contributed by atoms with Gasteiger partial charge in [-0.1, -0.05) is 60.7 Å². The van der Waals surface area contributed by atoms with Gasteiger partial charge in [-0.15, -0.1) is 11.8 Å². The minimum Gasteiger partial charge on any atom is -0.478 e. The van der Waals surface area contributed by atoms with Crippen LogP contribution in [0.25, 0.3) is 0 Å². The van der Waals surface area contributed by atoms with E-state index in [4.69, 9.17) is 4.74 Å². The Labute approximate surface area is 255 Å². The van der Waals surface area contributed by atoms with Crippen LogP contribution in [0, 0.1) is 10.1 Å². The number of non-ortho nitro benzene ring substituents is 1. The van der Waals surface area contributed by atoms with Crippen LogP contribution in [0.5, 0.6) is 0 Å². The van der Waals surface area contributed by atoms with Gasteiger partial charge in [-0.2, -0.15) is 0 Å². The molecular weight excluding hydrogens is 566 g/mol. The second-order valence-electron chi connectivity index (χ2n) is 10.2. The predicted molar refractivity (Wildman–Crippen MR) is 166 cm³/mol. The zero-order valence-corrected chi connectivity index (χ0v) is 25.0. The van der Waals surface area contributed by atoms with Crippen molar-refractivity contribution >= 4 is 29.4 Å². The van der Waals surface area contributed by atoms with Crippen molar-refractivity contribution in [3.8, 4) is 0 Å². The third-order valence-corrected chi connectivity index (χ3v) is 8.14. The van der Waals surface area contributed by atoms with E-state index >= 15 is 0 Å². The predicted octanol–water partition coefficient (Wildman–Crippen LogP) is 6.14. The van der Waals surface area contributed by atoms with Crippen LogP contribution in [0.2, 0.25) is 0 Å². The highest BCUT2D eigenvalue weighted by atomic mass is 32.2. The Balaban J connectivity index is 1.43. The first kappa shape index (κ1) is 31.5. The number of nitro benzene ring substituents is 1. The summed E-state index contributed by atoms with van der Waals surface area (Å²) in [5, 5.41) is 24.4. The van der Waals surface area contributed by atoms with Gasteiger partial charge in [0.1, 0.15) is 0 Å². The number of carboxylic acid groups (broad SMARTS) is 1. The Kier molecular flexibility index (Phi) is 11.1. The number of rotatable bonds is 14. The molecule has 3 aromatic carbocycles. The summed E-state index contributed by atoms with van der Waals surface area (Å²) in [5.74, 6) is -1.98. The van der Waals surface area contributed by atoms with Crippen LogP contribution >= 0.6 is 11.8 Å². The minimum absolute atomic E-state index is 0.0528. The molecule has 0 saturated carbocycles. The molecule has 0 bridgehead atoms. The summed E-state index contributed by atoms with van der Waals surface area (Å²) in [7, 11) is 0. The first-order valence-corrected chi connectivity index (χ1v) is 15.0. The zero-order valence-electron chi connectivity index (χ0n) is 24.2. The molecule has 0 saturated heterocycles. The van der Waals surface area contributed by atoms with Crippen molar-refractivity contribution in [3.63, 3.8) is 0 Å². The Bertz CT molecular complexity index is 1510. The molecule has 1 unspecified atom stereocenters. The molecule has 1 atom stereocenters. The average Bonchev–Trinajstić information content (AvgIpc) is 2.99. The van der Waals surface area contributed by atoms with Crippen LogP contribution in [0.1, 0.15) is 37.3 Å². The van der Waals surface area contributed by atoms with Gasteiger partial charge in [0.2, 0.25) is 0 Å². The number of hydrogen-bond acceptors (Lipinski definition) is 8. The van der Waals surface area contributed by atoms with Gasteiger partial charge in [0.25, 0.3) is 5.69 Å². The molecule has 0 aromatic heterocycles. The first-order chi connectivity index (χ1) is 20.7. The lowest BCUT2D eigenvalue weighted by atomic mass is 9.80. The molecule has 1 heterocycles. The van der Waals surface area contributed by atoms with E-state index in [1.54, 1.807) is 31.7 Å². The maximum absolute atomic E-state index is 13.5. The number of carbonyl (C=O) groups excluding carboxylic acids is 1. The molecule has 2 N–H and O–H groups in total. The summed E-state index contributed by atoms with van der Waals surface area (Å²) >= 11 is 1.79. The van der Waals surface area contributed by atoms with E-state index in [1.807, 2.05) is 36.4 Å². The Morgan fingerprint density at radius 2 is 1.63 bits per heavy atom. The highest BCUT2D eigenvalue weighted by Gasteiger charge is 2.37. The van der Waals surface area contributed by atoms with Crippen molar-refractivity contribution in [3.05, 3.63) is 129 Å². The van der Waals surface area contributed by atoms with E-state index in [1.165, 1.54) is 28.7 Å². The number of thioether (sulfide) groups is 1. The molecule has 0 radical (unpaired) electrons. The van der Waals surface area contributed by atoms with E-state index in [2.05, 4.69) is 34.5 Å². The molecule has 9 nitrogen and oxygen atoms in total. The molecule has 3 aromatic rings. The van der Waals surface area contributed by atoms with Crippen molar-refractivity contribution in [2.45, 2.75) is 37.6 Å². The fourth-order valence-electron chi connectivity index (χ4n) is 5.15. The second-order valence-corrected chi connectivity index (χ2v) is 11.4. The lowest BCUT2D eigenvalue weighted by Crippen LogP contribution is -2.32. The number of carbonyl (C=O) groups is 2. The van der Waals surface area contributed by atoms with Gasteiger partial charge in [0.05, 0.1) is 28.6 Å². The maximum Gasteiger partial charge on any atom is 0.336 e. The van der Waals surface area contributed by atoms with Gasteiger partial charge < -0.3 is 15.2 Å². The van der Waals surface area contributed by atoms with Crippen LogP contribution in [-0.4, -0.2) is 52.3 Å². The maximum atomic E-state index is 13.5. The number of benzene rings is 3. The smallest absolute Gasteiger partial charge is 0.336 e. The van der Waals surface area contributed by atoms with Crippen LogP contribution < -0.4 is 5.32 Å². The fourth-order valence-corrected chi connectivity index (χ4v) is 6.09. The van der Waals surface area contributed by atoms with Crippen molar-refractivity contribution in [2.24, 2.45) is 0 Å². The summed E-state index contributed by atoms with van der Waals surface area (Å²) in [4.78, 5) is 40.2. The summed E-state index contributed by atoms with van der Waals surface area (Å²) in [6.07, 6.45) is 0.580. The van der Waals surface area contributed by atoms with Gasteiger partial charge >= 0.3 is 11.9 Å². The Morgan fingerprint density at radius 1 is 0.953 bits per heavy atom. The van der Waals surface area contributed by atoms with E-state index < -0.39 is 22.8 Å². The highest BCUT2D eigenvalue weighted by molar-refractivity contribution is 7.99. The van der Waals surface area contributed by atoms with Crippen LogP contribution in [0.3, 0.4) is 0 Å². The number of nitro groups is 1. The van der Waals surface area contributed by atoms with Gasteiger partial charge in [-0.25, -0.2) is 9.59 Å². The lowest BCUT2D eigenvalue weighted by Gasteiger charge is -2.29. The van der Waals surface area contributed by atoms with Crippen molar-refractivity contribution < 1.29 is 24.4 Å². The number of allylic oxidation sites excluding steroid dienone is 2. The molecule has 1 aliphatic heterocycles. The van der Waals surface area contributed by atoms with Crippen molar-refractivity contribution in [2.75, 3.05) is 25.4 Å². The molecule has 0 spiro atoms. The third-order valence-electron chi connectivity index (χ3n) is 7.15. The monoisotopic (exact) mass is 601 g/mol. The Hall–Kier alpha value is -4.41. The second kappa shape index (κ2) is 15.2. The molecule has 4 rings (SSSR count). The van der Waals surface area contributed by atoms with Gasteiger partial charge in [-0.05, 0) is 43.5 Å². The van der Waals surface area contributed by atoms with E-state index in [0.29, 0.717) is 29.9 Å². The van der Waals surface area contributed by atoms with Gasteiger partial charge in [-0.3, -0.25) is 15.0 Å². The van der Waals surface area contributed by atoms with E-state index in [-0.39, 0.29) is 23.4 Å². The van der Waals surface area contributed by atoms with E-state index in [0.717, 1.165) is 18.8 Å². The van der Waals surface area contributed by atoms with Crippen molar-refractivity contribution in [1.29, 1.82) is 0 Å². The number of nitrogens with one attached hydrogen (secondary N) is 1. The SMILES string of the molecule is CC1=C(C(=O)O)C(c2cccc([N+](=O)[O-])c2)C(C(=O)OCCCN(CCSc2ccccc2)Cc2ccccc2)=C(C)N1. The number of carboxylic acids is 1. The number of esters is 1. The largest absolute Gasteiger partial charge is 0.478 e. The van der Waals surface area contributed by atoms with Crippen LogP contribution in [0.15, 0.2) is 112 Å². The molecular formula is C33H35N3O6S. The number of ether oxygens (including phenoxy) is 1. The Morgan fingerprint density at radius 3 is 2.30 bits per heavy atom. The number of dihydropyridines is 1. The summed E-state index contributed by atoms with van der Waals surface area (Å²) in [5.41, 5.74) is 2.24. The number of aliphatic carboxylic acids is 1. The van der Waals surface area contributed by atoms with Crippen LogP contribution in [-0.2, 0) is 20.9 Å². The number of hydrogen-bond donors (Lipinski definition) is 2. The van der Waals surface area contributed by atoms with Crippen molar-refractivity contribution in [1.82, 2.24) is 10.2 Å². The van der Waals surface area contributed by atoms with Crippen LogP contribution in [0.4, 0.5) is 5.69 Å². The normalized spacial score (nSPS) is 14.9. The fraction of sp³-hybridized carbons (Fsp3) is 0.273. The molecule has 0 aliphatic carbocycles. The standard InChI is InChI=1S/C33H35N3O6S/c1-23-29(32(37)38)31(26-13-9-14-27(21-26)36(40)41)30(24(2)34-23)33(39)42-19-10-17-35(22-25-11-5-3-6-12-25)18-20-43-28-15-7-4-8-16-28/h3-9,11-16,21,31,34H,10,17-20,22H2,1-2H3,(H,37,38). The topological polar surface area (TPSA) is 122 Å². The summed E-state index contributed by atoms with van der Waals surface area (Å²) < 4.78 is 5.70. The average molecular weight is 602 g/mol. The molecule has 10 heteroatoms. The quantitative estimate of drug-likeness (QED) is 0.0737. The summed E-state index contributed by atoms with van der Waals surface area (Å²) in [6, 6.07) is 26.1. The van der Waals surface area contributed by atoms with Gasteiger partial charge in [0, 0.05) is 53.8 Å². The first-order valence-electron chi connectivity index (χ1n) is 14.0. The van der Waals surface area contributed by atoms with Gasteiger partial charge in [0.15, 0.2) is 0 Å². The summed E-state index contributed by atoms with van der Waals surface area (Å²) in [6.45, 7) is 5.73. The molecule has 0 amide bonds. The highest BCUT2D eigenvalue weighted by Crippen LogP contribution is 2.39. The molecule has 0 fully saturated rings. The molecule has 43 heavy (non-hydrogen) atoms. The number of nitrogens with zero attached hydrogens (tertiary/aromatic N) is 2.